The van der Waals surface area contributed by atoms with Crippen LogP contribution in [0, 0.1) is 5.92 Å². The molecule has 3 heteroatoms. The third-order valence-corrected chi connectivity index (χ3v) is 2.86. The van der Waals surface area contributed by atoms with Gasteiger partial charge in [-0.05, 0) is 31.8 Å². The Morgan fingerprint density at radius 1 is 1.64 bits per heavy atom. The lowest BCUT2D eigenvalue weighted by Gasteiger charge is -2.24. The molecular formula is C11H19NO2. The number of hydrogen-bond donors (Lipinski definition) is 1. The number of hydrogen-bond acceptors (Lipinski definition) is 3. The molecule has 2 atom stereocenters. The van der Waals surface area contributed by atoms with Crippen LogP contribution in [0.3, 0.4) is 0 Å². The standard InChI is InChI=1S/C11H19NO2/c1-2-13-11(8-5-6-8)10(12)9-4-3-7-14-9/h4,8,10-11H,2-3,5-7,12H2,1H3. The Kier molecular flexibility index (Phi) is 3.08. The average molecular weight is 197 g/mol. The summed E-state index contributed by atoms with van der Waals surface area (Å²) in [5, 5.41) is 0. The molecule has 2 unspecified atom stereocenters. The van der Waals surface area contributed by atoms with Crippen molar-refractivity contribution in [1.29, 1.82) is 0 Å². The van der Waals surface area contributed by atoms with Crippen molar-refractivity contribution in [2.45, 2.75) is 38.3 Å². The molecule has 0 spiro atoms. The molecule has 0 aromatic rings. The van der Waals surface area contributed by atoms with Crippen LogP contribution in [-0.4, -0.2) is 25.4 Å². The fourth-order valence-electron chi connectivity index (χ4n) is 1.98. The van der Waals surface area contributed by atoms with Gasteiger partial charge in [-0.3, -0.25) is 0 Å². The van der Waals surface area contributed by atoms with Crippen LogP contribution in [0.2, 0.25) is 0 Å². The van der Waals surface area contributed by atoms with Gasteiger partial charge in [-0.25, -0.2) is 0 Å². The van der Waals surface area contributed by atoms with Crippen molar-refractivity contribution in [1.82, 2.24) is 0 Å². The maximum absolute atomic E-state index is 6.13. The van der Waals surface area contributed by atoms with Crippen molar-refractivity contribution in [3.05, 3.63) is 11.8 Å². The Labute approximate surface area is 85.3 Å². The molecule has 1 saturated carbocycles. The van der Waals surface area contributed by atoms with Gasteiger partial charge in [0, 0.05) is 13.0 Å². The lowest BCUT2D eigenvalue weighted by Crippen LogP contribution is -2.40. The molecule has 2 rings (SSSR count). The van der Waals surface area contributed by atoms with Gasteiger partial charge in [0.05, 0.1) is 18.8 Å². The van der Waals surface area contributed by atoms with Crippen LogP contribution in [0.4, 0.5) is 0 Å². The molecular weight excluding hydrogens is 178 g/mol. The van der Waals surface area contributed by atoms with E-state index >= 15 is 0 Å². The van der Waals surface area contributed by atoms with E-state index in [0.29, 0.717) is 5.92 Å². The van der Waals surface area contributed by atoms with E-state index in [9.17, 15) is 0 Å². The second kappa shape index (κ2) is 4.32. The summed E-state index contributed by atoms with van der Waals surface area (Å²) in [7, 11) is 0. The van der Waals surface area contributed by atoms with Gasteiger partial charge < -0.3 is 15.2 Å². The fraction of sp³-hybridized carbons (Fsp3) is 0.818. The SMILES string of the molecule is CCOC(C1CC1)C(N)C1=CCCO1. The van der Waals surface area contributed by atoms with Gasteiger partial charge in [0.25, 0.3) is 0 Å². The van der Waals surface area contributed by atoms with Gasteiger partial charge in [0.1, 0.15) is 5.76 Å². The molecule has 80 valence electrons. The van der Waals surface area contributed by atoms with Crippen LogP contribution in [0.15, 0.2) is 11.8 Å². The summed E-state index contributed by atoms with van der Waals surface area (Å²) in [6.07, 6.45) is 5.77. The van der Waals surface area contributed by atoms with E-state index in [-0.39, 0.29) is 12.1 Å². The van der Waals surface area contributed by atoms with Gasteiger partial charge in [0.15, 0.2) is 0 Å². The van der Waals surface area contributed by atoms with Crippen LogP contribution < -0.4 is 5.73 Å². The molecule has 0 bridgehead atoms. The highest BCUT2D eigenvalue weighted by Crippen LogP contribution is 2.37. The Hall–Kier alpha value is -0.540. The van der Waals surface area contributed by atoms with Crippen molar-refractivity contribution in [2.75, 3.05) is 13.2 Å². The van der Waals surface area contributed by atoms with E-state index in [0.717, 1.165) is 25.4 Å². The molecule has 1 aliphatic carbocycles. The topological polar surface area (TPSA) is 44.5 Å². The van der Waals surface area contributed by atoms with E-state index < -0.39 is 0 Å². The maximum Gasteiger partial charge on any atom is 0.111 e. The molecule has 0 radical (unpaired) electrons. The number of rotatable bonds is 5. The van der Waals surface area contributed by atoms with E-state index in [4.69, 9.17) is 15.2 Å². The Balaban J connectivity index is 1.94. The monoisotopic (exact) mass is 197 g/mol. The molecule has 1 fully saturated rings. The minimum atomic E-state index is -0.0510. The third-order valence-electron chi connectivity index (χ3n) is 2.86. The summed E-state index contributed by atoms with van der Waals surface area (Å²) in [5.41, 5.74) is 6.13. The maximum atomic E-state index is 6.13. The fourth-order valence-corrected chi connectivity index (χ4v) is 1.98. The van der Waals surface area contributed by atoms with Gasteiger partial charge in [-0.1, -0.05) is 0 Å². The zero-order valence-corrected chi connectivity index (χ0v) is 8.74. The zero-order chi connectivity index (χ0) is 9.97. The molecule has 1 heterocycles. The summed E-state index contributed by atoms with van der Waals surface area (Å²) in [6, 6.07) is -0.0510. The van der Waals surface area contributed by atoms with Gasteiger partial charge in [-0.15, -0.1) is 0 Å². The van der Waals surface area contributed by atoms with Gasteiger partial charge in [-0.2, -0.15) is 0 Å². The lowest BCUT2D eigenvalue weighted by atomic mass is 10.1. The van der Waals surface area contributed by atoms with Gasteiger partial charge in [0.2, 0.25) is 0 Å². The molecule has 0 aromatic heterocycles. The summed E-state index contributed by atoms with van der Waals surface area (Å²) >= 11 is 0. The summed E-state index contributed by atoms with van der Waals surface area (Å²) < 4.78 is 11.2. The highest BCUT2D eigenvalue weighted by atomic mass is 16.5. The normalized spacial score (nSPS) is 25.4. The van der Waals surface area contributed by atoms with E-state index in [1.165, 1.54) is 12.8 Å². The smallest absolute Gasteiger partial charge is 0.111 e. The first-order valence-corrected chi connectivity index (χ1v) is 5.53. The lowest BCUT2D eigenvalue weighted by molar-refractivity contribution is 0.0239. The highest BCUT2D eigenvalue weighted by molar-refractivity contribution is 5.10. The second-order valence-electron chi connectivity index (χ2n) is 4.03. The summed E-state index contributed by atoms with van der Waals surface area (Å²) in [5.74, 6) is 1.60. The molecule has 2 aliphatic rings. The summed E-state index contributed by atoms with van der Waals surface area (Å²) in [6.45, 7) is 3.54. The Bertz CT molecular complexity index is 223. The Morgan fingerprint density at radius 3 is 2.93 bits per heavy atom. The largest absolute Gasteiger partial charge is 0.496 e. The van der Waals surface area contributed by atoms with E-state index in [2.05, 4.69) is 6.08 Å². The first-order chi connectivity index (χ1) is 6.83. The highest BCUT2D eigenvalue weighted by Gasteiger charge is 2.38. The first kappa shape index (κ1) is 9.99. The zero-order valence-electron chi connectivity index (χ0n) is 8.74. The quantitative estimate of drug-likeness (QED) is 0.725. The van der Waals surface area contributed by atoms with Crippen LogP contribution in [0.1, 0.15) is 26.2 Å². The van der Waals surface area contributed by atoms with Crippen molar-refractivity contribution in [3.63, 3.8) is 0 Å². The molecule has 0 amide bonds. The van der Waals surface area contributed by atoms with Crippen molar-refractivity contribution >= 4 is 0 Å². The number of nitrogens with two attached hydrogens (primary N) is 1. The van der Waals surface area contributed by atoms with Crippen molar-refractivity contribution in [2.24, 2.45) is 11.7 Å². The van der Waals surface area contributed by atoms with Crippen LogP contribution in [0.5, 0.6) is 0 Å². The van der Waals surface area contributed by atoms with Crippen LogP contribution in [-0.2, 0) is 9.47 Å². The van der Waals surface area contributed by atoms with E-state index in [1.807, 2.05) is 6.92 Å². The first-order valence-electron chi connectivity index (χ1n) is 5.53. The minimum absolute atomic E-state index is 0.0510. The van der Waals surface area contributed by atoms with E-state index in [1.54, 1.807) is 0 Å². The molecule has 0 aromatic carbocycles. The Morgan fingerprint density at radius 2 is 2.43 bits per heavy atom. The van der Waals surface area contributed by atoms with Crippen LogP contribution in [0.25, 0.3) is 0 Å². The van der Waals surface area contributed by atoms with Crippen molar-refractivity contribution in [3.8, 4) is 0 Å². The predicted octanol–water partition coefficient (Wildman–Crippen LogP) is 1.43. The molecule has 3 nitrogen and oxygen atoms in total. The average Bonchev–Trinajstić information content (AvgIpc) is 2.88. The third kappa shape index (κ3) is 2.10. The molecule has 0 saturated heterocycles. The van der Waals surface area contributed by atoms with Crippen LogP contribution >= 0.6 is 0 Å². The molecule has 2 N–H and O–H groups in total. The predicted molar refractivity (Wildman–Crippen MR) is 54.8 cm³/mol. The van der Waals surface area contributed by atoms with Crippen molar-refractivity contribution < 1.29 is 9.47 Å². The summed E-state index contributed by atoms with van der Waals surface area (Å²) in [4.78, 5) is 0. The molecule has 14 heavy (non-hydrogen) atoms. The van der Waals surface area contributed by atoms with Gasteiger partial charge >= 0.3 is 0 Å². The second-order valence-corrected chi connectivity index (χ2v) is 4.03. The number of ether oxygens (including phenoxy) is 2. The molecule has 1 aliphatic heterocycles. The minimum Gasteiger partial charge on any atom is -0.496 e.